The van der Waals surface area contributed by atoms with Gasteiger partial charge in [0.2, 0.25) is 0 Å². The van der Waals surface area contributed by atoms with Crippen LogP contribution >= 0.6 is 0 Å². The number of aliphatic imine (C=N–C) groups is 1. The van der Waals surface area contributed by atoms with E-state index in [0.29, 0.717) is 26.7 Å². The Kier molecular flexibility index (Phi) is 5.35. The number of carbonyl (C=O) groups excluding carboxylic acids is 1. The first-order valence-corrected chi connectivity index (χ1v) is 6.94. The molecule has 1 atom stereocenters. The predicted molar refractivity (Wildman–Crippen MR) is 77.9 cm³/mol. The van der Waals surface area contributed by atoms with E-state index in [1.165, 1.54) is 0 Å². The number of halogens is 2. The van der Waals surface area contributed by atoms with E-state index in [-0.39, 0.29) is 18.3 Å². The average Bonchev–Trinajstić information content (AvgIpc) is 2.96. The summed E-state index contributed by atoms with van der Waals surface area (Å²) < 4.78 is 43.1. The summed E-state index contributed by atoms with van der Waals surface area (Å²) in [5.74, 6) is -2.40. The summed E-state index contributed by atoms with van der Waals surface area (Å²) in [5.41, 5.74) is -0.341. The van der Waals surface area contributed by atoms with E-state index in [9.17, 15) is 18.3 Å². The summed E-state index contributed by atoms with van der Waals surface area (Å²) in [6.45, 7) is 2.56. The Bertz CT molecular complexity index is 610. The van der Waals surface area contributed by atoms with Gasteiger partial charge in [0.25, 0.3) is 0 Å². The summed E-state index contributed by atoms with van der Waals surface area (Å²) in [7, 11) is 0.580. The SMILES string of the molecule is CCOC(=O)c1cc(F)c(N2CCC(N=CB=O)C2)cc1F. The number of esters is 1. The van der Waals surface area contributed by atoms with E-state index in [1.54, 1.807) is 11.8 Å². The quantitative estimate of drug-likeness (QED) is 0.473. The molecule has 1 aliphatic heterocycles. The van der Waals surface area contributed by atoms with E-state index >= 15 is 0 Å². The molecule has 0 amide bonds. The molecular weight excluding hydrogens is 293 g/mol. The Morgan fingerprint density at radius 1 is 1.50 bits per heavy atom. The number of ether oxygens (including phenoxy) is 1. The molecule has 0 aromatic heterocycles. The molecule has 0 bridgehead atoms. The van der Waals surface area contributed by atoms with Crippen LogP contribution in [0.15, 0.2) is 17.1 Å². The average molecular weight is 308 g/mol. The van der Waals surface area contributed by atoms with Gasteiger partial charge in [0.1, 0.15) is 0 Å². The predicted octanol–water partition coefficient (Wildman–Crippen LogP) is 1.80. The van der Waals surface area contributed by atoms with Crippen LogP contribution in [0.4, 0.5) is 14.5 Å². The third-order valence-electron chi connectivity index (χ3n) is 3.39. The van der Waals surface area contributed by atoms with Crippen LogP contribution in [0.1, 0.15) is 23.7 Å². The van der Waals surface area contributed by atoms with Crippen LogP contribution in [0, 0.1) is 11.6 Å². The van der Waals surface area contributed by atoms with Crippen LogP contribution in [0.2, 0.25) is 0 Å². The molecule has 22 heavy (non-hydrogen) atoms. The normalized spacial score (nSPS) is 17.8. The van der Waals surface area contributed by atoms with Crippen molar-refractivity contribution in [2.75, 3.05) is 24.6 Å². The summed E-state index contributed by atoms with van der Waals surface area (Å²) >= 11 is 0. The van der Waals surface area contributed by atoms with Crippen molar-refractivity contribution in [3.05, 3.63) is 29.3 Å². The Balaban J connectivity index is 2.19. The number of benzene rings is 1. The number of hydrogen-bond donors (Lipinski definition) is 0. The molecule has 2 rings (SSSR count). The Hall–Kier alpha value is -2.12. The van der Waals surface area contributed by atoms with Gasteiger partial charge in [0.05, 0.1) is 0 Å². The molecular formula is C14H15BF2N2O3. The molecule has 1 unspecified atom stereocenters. The molecule has 1 aromatic carbocycles. The second kappa shape index (κ2) is 7.24. The van der Waals surface area contributed by atoms with Crippen LogP contribution in [0.25, 0.3) is 0 Å². The summed E-state index contributed by atoms with van der Waals surface area (Å²) in [6, 6.07) is 1.72. The van der Waals surface area contributed by atoms with Crippen molar-refractivity contribution in [3.63, 3.8) is 0 Å². The second-order valence-electron chi connectivity index (χ2n) is 4.83. The van der Waals surface area contributed by atoms with Gasteiger partial charge in [0, 0.05) is 0 Å². The standard InChI is InChI=1S/C14H15BF2N2O3/c1-2-22-14(20)10-5-12(17)13(6-11(10)16)19-4-3-9(7-19)18-8-15-21/h5-6,8-9H,2-4,7H2,1H3. The zero-order valence-corrected chi connectivity index (χ0v) is 12.1. The summed E-state index contributed by atoms with van der Waals surface area (Å²) in [6.07, 6.45) is 1.81. The van der Waals surface area contributed by atoms with Crippen LogP contribution in [-0.2, 0) is 9.44 Å². The van der Waals surface area contributed by atoms with Gasteiger partial charge in [-0.05, 0) is 6.92 Å². The molecule has 1 fully saturated rings. The number of hydrogen-bond acceptors (Lipinski definition) is 5. The fourth-order valence-electron chi connectivity index (χ4n) is 2.38. The van der Waals surface area contributed by atoms with E-state index in [4.69, 9.17) is 0 Å². The number of nitrogens with zero attached hydrogens (tertiary/aromatic N) is 2. The van der Waals surface area contributed by atoms with Crippen molar-refractivity contribution in [1.82, 2.24) is 0 Å². The molecule has 0 aliphatic carbocycles. The van der Waals surface area contributed by atoms with Gasteiger partial charge in [0.15, 0.2) is 0 Å². The molecule has 1 heterocycles. The number of carbonyl (C=O) groups is 1. The maximum atomic E-state index is 14.2. The van der Waals surface area contributed by atoms with Gasteiger partial charge in [-0.1, -0.05) is 0 Å². The van der Waals surface area contributed by atoms with Crippen molar-refractivity contribution in [1.29, 1.82) is 0 Å². The molecule has 0 N–H and O–H groups in total. The van der Waals surface area contributed by atoms with Gasteiger partial charge in [-0.15, -0.1) is 0 Å². The third-order valence-corrected chi connectivity index (χ3v) is 3.39. The monoisotopic (exact) mass is 308 g/mol. The van der Waals surface area contributed by atoms with E-state index in [0.717, 1.165) is 18.2 Å². The van der Waals surface area contributed by atoms with Gasteiger partial charge in [-0.3, -0.25) is 0 Å². The summed E-state index contributed by atoms with van der Waals surface area (Å²) in [5, 5.41) is 0. The Labute approximate surface area is 127 Å². The van der Waals surface area contributed by atoms with Gasteiger partial charge >= 0.3 is 119 Å². The topological polar surface area (TPSA) is 59.0 Å². The molecule has 116 valence electrons. The maximum absolute atomic E-state index is 14.2. The van der Waals surface area contributed by atoms with Crippen LogP contribution in [0.3, 0.4) is 0 Å². The second-order valence-corrected chi connectivity index (χ2v) is 4.83. The van der Waals surface area contributed by atoms with Crippen molar-refractivity contribution < 1.29 is 23.0 Å². The molecule has 1 saturated heterocycles. The van der Waals surface area contributed by atoms with Crippen molar-refractivity contribution in [2.45, 2.75) is 19.4 Å². The summed E-state index contributed by atoms with van der Waals surface area (Å²) in [4.78, 5) is 17.2. The molecule has 8 heteroatoms. The first kappa shape index (κ1) is 16.3. The van der Waals surface area contributed by atoms with Gasteiger partial charge in [-0.25, -0.2) is 0 Å². The first-order chi connectivity index (χ1) is 10.6. The van der Waals surface area contributed by atoms with Crippen LogP contribution in [0.5, 0.6) is 0 Å². The fourth-order valence-corrected chi connectivity index (χ4v) is 2.38. The Morgan fingerprint density at radius 3 is 2.95 bits per heavy atom. The Morgan fingerprint density at radius 2 is 2.27 bits per heavy atom. The van der Waals surface area contributed by atoms with Crippen LogP contribution < -0.4 is 4.90 Å². The molecule has 0 saturated carbocycles. The minimum atomic E-state index is -0.889. The van der Waals surface area contributed by atoms with E-state index in [2.05, 4.69) is 9.73 Å². The van der Waals surface area contributed by atoms with E-state index < -0.39 is 23.2 Å². The van der Waals surface area contributed by atoms with Gasteiger partial charge < -0.3 is 0 Å². The third kappa shape index (κ3) is 3.55. The zero-order chi connectivity index (χ0) is 16.1. The van der Waals surface area contributed by atoms with Crippen LogP contribution in [-0.4, -0.2) is 45.0 Å². The fraction of sp³-hybridized carbons (Fsp3) is 0.429. The minimum absolute atomic E-state index is 0.0781. The van der Waals surface area contributed by atoms with Crippen molar-refractivity contribution in [2.24, 2.45) is 4.99 Å². The van der Waals surface area contributed by atoms with Gasteiger partial charge in [-0.2, -0.15) is 0 Å². The number of anilines is 1. The molecule has 1 aliphatic rings. The molecule has 5 nitrogen and oxygen atoms in total. The van der Waals surface area contributed by atoms with E-state index in [1.807, 2.05) is 0 Å². The molecule has 1 aromatic rings. The first-order valence-electron chi connectivity index (χ1n) is 6.94. The van der Waals surface area contributed by atoms with Crippen molar-refractivity contribution >= 4 is 24.9 Å². The zero-order valence-electron chi connectivity index (χ0n) is 12.1. The number of rotatable bonds is 5. The molecule has 0 spiro atoms. The molecule has 0 radical (unpaired) electrons. The van der Waals surface area contributed by atoms with Crippen molar-refractivity contribution in [3.8, 4) is 0 Å².